The summed E-state index contributed by atoms with van der Waals surface area (Å²) in [6.45, 7) is 7.21. The zero-order valence-electron chi connectivity index (χ0n) is 15.4. The second-order valence-corrected chi connectivity index (χ2v) is 6.93. The molecule has 0 aliphatic heterocycles. The van der Waals surface area contributed by atoms with Crippen molar-refractivity contribution in [1.82, 2.24) is 4.90 Å². The highest BCUT2D eigenvalue weighted by Crippen LogP contribution is 2.21. The van der Waals surface area contributed by atoms with Gasteiger partial charge in [0.2, 0.25) is 5.91 Å². The molecule has 1 heterocycles. The van der Waals surface area contributed by atoms with Gasteiger partial charge in [0.1, 0.15) is 0 Å². The first-order valence-corrected chi connectivity index (χ1v) is 9.25. The summed E-state index contributed by atoms with van der Waals surface area (Å²) < 4.78 is 5.20. The van der Waals surface area contributed by atoms with E-state index >= 15 is 0 Å². The molecule has 27 heavy (non-hydrogen) atoms. The second kappa shape index (κ2) is 9.68. The van der Waals surface area contributed by atoms with Crippen molar-refractivity contribution in [3.05, 3.63) is 64.4 Å². The summed E-state index contributed by atoms with van der Waals surface area (Å²) in [5, 5.41) is 4.57. The number of rotatable bonds is 8. The van der Waals surface area contributed by atoms with Gasteiger partial charge >= 0.3 is 5.97 Å². The Morgan fingerprint density at radius 3 is 2.67 bits per heavy atom. The van der Waals surface area contributed by atoms with Crippen LogP contribution in [0.15, 0.2) is 48.4 Å². The van der Waals surface area contributed by atoms with E-state index in [1.165, 1.54) is 6.92 Å². The summed E-state index contributed by atoms with van der Waals surface area (Å²) in [4.78, 5) is 38.9. The summed E-state index contributed by atoms with van der Waals surface area (Å²) in [7, 11) is 0. The number of esters is 1. The average molecular weight is 386 g/mol. The van der Waals surface area contributed by atoms with Crippen LogP contribution in [0.3, 0.4) is 0 Å². The Kier molecular flexibility index (Phi) is 7.31. The van der Waals surface area contributed by atoms with Crippen molar-refractivity contribution in [1.29, 1.82) is 0 Å². The van der Waals surface area contributed by atoms with E-state index in [-0.39, 0.29) is 24.0 Å². The van der Waals surface area contributed by atoms with Crippen LogP contribution in [0.4, 0.5) is 5.69 Å². The second-order valence-electron chi connectivity index (χ2n) is 5.90. The Morgan fingerprint density at radius 2 is 2.04 bits per heavy atom. The molecular weight excluding hydrogens is 364 g/mol. The number of nitrogens with zero attached hydrogens (tertiary/aromatic N) is 1. The molecule has 0 unspecified atom stereocenters. The maximum atomic E-state index is 12.5. The third-order valence-corrected chi connectivity index (χ3v) is 4.61. The molecule has 0 fully saturated rings. The van der Waals surface area contributed by atoms with Crippen LogP contribution in [-0.2, 0) is 20.9 Å². The third-order valence-electron chi connectivity index (χ3n) is 3.75. The minimum Gasteiger partial charge on any atom is -0.452 e. The quantitative estimate of drug-likeness (QED) is 0.557. The number of amides is 2. The molecule has 0 saturated heterocycles. The number of thiophene rings is 1. The predicted molar refractivity (Wildman–Crippen MR) is 106 cm³/mol. The number of carbonyl (C=O) groups is 3. The molecule has 6 nitrogen and oxygen atoms in total. The largest absolute Gasteiger partial charge is 0.452 e. The number of carbonyl (C=O) groups excluding carboxylic acids is 3. The lowest BCUT2D eigenvalue weighted by molar-refractivity contribution is -0.134. The van der Waals surface area contributed by atoms with Gasteiger partial charge in [0, 0.05) is 18.3 Å². The smallest absolute Gasteiger partial charge is 0.340 e. The van der Waals surface area contributed by atoms with Crippen molar-refractivity contribution in [3.8, 4) is 0 Å². The summed E-state index contributed by atoms with van der Waals surface area (Å²) in [6, 6.07) is 8.88. The molecule has 1 N–H and O–H groups in total. The summed E-state index contributed by atoms with van der Waals surface area (Å²) in [5.41, 5.74) is 1.34. The monoisotopic (exact) mass is 386 g/mol. The van der Waals surface area contributed by atoms with Crippen LogP contribution >= 0.6 is 11.3 Å². The number of anilines is 1. The fourth-order valence-corrected chi connectivity index (χ4v) is 3.20. The number of hydrogen-bond donors (Lipinski definition) is 1. The molecule has 1 aromatic heterocycles. The number of benzene rings is 1. The number of aryl methyl sites for hydroxylation is 1. The molecule has 142 valence electrons. The molecule has 2 aromatic rings. The van der Waals surface area contributed by atoms with Crippen LogP contribution in [-0.4, -0.2) is 35.8 Å². The minimum absolute atomic E-state index is 0.214. The van der Waals surface area contributed by atoms with E-state index in [1.54, 1.807) is 47.4 Å². The van der Waals surface area contributed by atoms with Gasteiger partial charge in [-0.25, -0.2) is 4.79 Å². The lowest BCUT2D eigenvalue weighted by atomic mass is 10.1. The number of hydrogen-bond acceptors (Lipinski definition) is 5. The van der Waals surface area contributed by atoms with Crippen molar-refractivity contribution in [3.63, 3.8) is 0 Å². The SMILES string of the molecule is C=CCN(Cc1cccs1)C(=O)COC(=O)c1cccc(C)c1NC(C)=O. The van der Waals surface area contributed by atoms with Gasteiger partial charge in [-0.3, -0.25) is 9.59 Å². The molecule has 0 aliphatic rings. The maximum Gasteiger partial charge on any atom is 0.340 e. The van der Waals surface area contributed by atoms with Gasteiger partial charge in [-0.2, -0.15) is 0 Å². The van der Waals surface area contributed by atoms with E-state index in [0.29, 0.717) is 18.8 Å². The Labute approximate surface area is 162 Å². The van der Waals surface area contributed by atoms with E-state index in [2.05, 4.69) is 11.9 Å². The highest BCUT2D eigenvalue weighted by Gasteiger charge is 2.19. The first-order valence-electron chi connectivity index (χ1n) is 8.37. The van der Waals surface area contributed by atoms with E-state index < -0.39 is 5.97 Å². The van der Waals surface area contributed by atoms with Gasteiger partial charge in [-0.15, -0.1) is 17.9 Å². The average Bonchev–Trinajstić information content (AvgIpc) is 3.13. The zero-order valence-corrected chi connectivity index (χ0v) is 16.2. The molecule has 1 aromatic carbocycles. The number of para-hydroxylation sites is 1. The fraction of sp³-hybridized carbons (Fsp3) is 0.250. The van der Waals surface area contributed by atoms with E-state index in [1.807, 2.05) is 17.5 Å². The Hall–Kier alpha value is -2.93. The van der Waals surface area contributed by atoms with Gasteiger partial charge in [0.25, 0.3) is 5.91 Å². The van der Waals surface area contributed by atoms with Gasteiger partial charge in [0.05, 0.1) is 17.8 Å². The van der Waals surface area contributed by atoms with Gasteiger partial charge in [0.15, 0.2) is 6.61 Å². The molecule has 2 rings (SSSR count). The van der Waals surface area contributed by atoms with E-state index in [9.17, 15) is 14.4 Å². The molecule has 0 atom stereocenters. The van der Waals surface area contributed by atoms with Crippen molar-refractivity contribution < 1.29 is 19.1 Å². The van der Waals surface area contributed by atoms with Gasteiger partial charge in [-0.1, -0.05) is 24.3 Å². The Bertz CT molecular complexity index is 831. The van der Waals surface area contributed by atoms with Crippen LogP contribution in [0.25, 0.3) is 0 Å². The minimum atomic E-state index is -0.662. The zero-order chi connectivity index (χ0) is 19.8. The molecular formula is C20H22N2O4S. The van der Waals surface area contributed by atoms with Crippen LogP contribution < -0.4 is 5.32 Å². The highest BCUT2D eigenvalue weighted by atomic mass is 32.1. The molecule has 0 spiro atoms. The first kappa shape index (κ1) is 20.4. The van der Waals surface area contributed by atoms with Crippen LogP contribution in [0.1, 0.15) is 27.7 Å². The number of ether oxygens (including phenoxy) is 1. The standard InChI is InChI=1S/C20H22N2O4S/c1-4-10-22(12-16-8-6-11-27-16)18(24)13-26-20(25)17-9-5-7-14(2)19(17)21-15(3)23/h4-9,11H,1,10,12-13H2,2-3H3,(H,21,23). The van der Waals surface area contributed by atoms with Crippen LogP contribution in [0.5, 0.6) is 0 Å². The topological polar surface area (TPSA) is 75.7 Å². The molecule has 0 saturated carbocycles. The molecule has 0 radical (unpaired) electrons. The normalized spacial score (nSPS) is 10.1. The predicted octanol–water partition coefficient (Wildman–Crippen LogP) is 3.39. The lowest BCUT2D eigenvalue weighted by Crippen LogP contribution is -2.34. The molecule has 7 heteroatoms. The van der Waals surface area contributed by atoms with E-state index in [4.69, 9.17) is 4.74 Å². The van der Waals surface area contributed by atoms with Crippen molar-refractivity contribution >= 4 is 34.8 Å². The number of nitrogens with one attached hydrogen (secondary N) is 1. The summed E-state index contributed by atoms with van der Waals surface area (Å²) in [6.07, 6.45) is 1.63. The van der Waals surface area contributed by atoms with Crippen molar-refractivity contribution in [2.24, 2.45) is 0 Å². The van der Waals surface area contributed by atoms with Gasteiger partial charge in [-0.05, 0) is 30.0 Å². The molecule has 2 amide bonds. The van der Waals surface area contributed by atoms with Crippen LogP contribution in [0.2, 0.25) is 0 Å². The lowest BCUT2D eigenvalue weighted by Gasteiger charge is -2.20. The Balaban J connectivity index is 2.05. The van der Waals surface area contributed by atoms with Crippen LogP contribution in [0, 0.1) is 6.92 Å². The fourth-order valence-electron chi connectivity index (χ4n) is 2.48. The molecule has 0 aliphatic carbocycles. The molecule has 0 bridgehead atoms. The highest BCUT2D eigenvalue weighted by molar-refractivity contribution is 7.09. The third kappa shape index (κ3) is 5.79. The van der Waals surface area contributed by atoms with E-state index in [0.717, 1.165) is 10.4 Å². The Morgan fingerprint density at radius 1 is 1.26 bits per heavy atom. The van der Waals surface area contributed by atoms with Gasteiger partial charge < -0.3 is 15.0 Å². The van der Waals surface area contributed by atoms with Crippen molar-refractivity contribution in [2.45, 2.75) is 20.4 Å². The summed E-state index contributed by atoms with van der Waals surface area (Å²) >= 11 is 1.55. The first-order chi connectivity index (χ1) is 12.9. The summed E-state index contributed by atoms with van der Waals surface area (Å²) in [5.74, 6) is -1.27. The maximum absolute atomic E-state index is 12.5. The van der Waals surface area contributed by atoms with Crippen molar-refractivity contribution in [2.75, 3.05) is 18.5 Å².